The van der Waals surface area contributed by atoms with Crippen molar-refractivity contribution in [3.63, 3.8) is 0 Å². The normalized spacial score (nSPS) is 14.9. The monoisotopic (exact) mass is 930 g/mol. The van der Waals surface area contributed by atoms with E-state index >= 15 is 0 Å². The number of rotatable bonds is 53. The van der Waals surface area contributed by atoms with Gasteiger partial charge in [0.15, 0.2) is 0 Å². The Morgan fingerprint density at radius 1 is 0.318 bits per heavy atom. The largest absolute Gasteiger partial charge is 0.391 e. The molecule has 1 fully saturated rings. The van der Waals surface area contributed by atoms with Crippen LogP contribution in [-0.2, 0) is 9.59 Å². The molecule has 6 heteroatoms. The van der Waals surface area contributed by atoms with Crippen LogP contribution < -0.4 is 0 Å². The van der Waals surface area contributed by atoms with E-state index in [2.05, 4.69) is 42.4 Å². The van der Waals surface area contributed by atoms with Gasteiger partial charge in [0.2, 0.25) is 11.8 Å². The summed E-state index contributed by atoms with van der Waals surface area (Å²) in [5, 5.41) is 10.6. The third kappa shape index (κ3) is 37.7. The number of hydrogen-bond donors (Lipinski definition) is 1. The molecular weight excluding hydrogens is 811 g/mol. The highest BCUT2D eigenvalue weighted by molar-refractivity contribution is 5.76. The Hall–Kier alpha value is -1.14. The van der Waals surface area contributed by atoms with Crippen LogP contribution in [0.1, 0.15) is 323 Å². The predicted molar refractivity (Wildman–Crippen MR) is 290 cm³/mol. The number of amides is 2. The number of aliphatic hydroxyl groups is 1. The van der Waals surface area contributed by atoms with E-state index in [9.17, 15) is 14.7 Å². The fourth-order valence-electron chi connectivity index (χ4n) is 10.4. The minimum Gasteiger partial charge on any atom is -0.391 e. The standard InChI is InChI=1S/C60H119N3O3/c1-5-9-13-17-21-25-33-43-53-62(54-44-34-26-22-18-14-10-6-2)59(65)47-39-31-29-37-41-51-61(57-49-50-58(57)64)52-42-38-30-32-40-48-60(66)63(55-45-35-27-23-19-15-11-7-3)56-46-36-28-24-20-16-12-8-4/h57-58,64H,5-56H2,1-4H3. The van der Waals surface area contributed by atoms with E-state index in [4.69, 9.17) is 0 Å². The zero-order valence-corrected chi connectivity index (χ0v) is 45.5. The molecule has 392 valence electrons. The summed E-state index contributed by atoms with van der Waals surface area (Å²) in [5.74, 6) is 0.811. The van der Waals surface area contributed by atoms with Gasteiger partial charge in [-0.3, -0.25) is 14.5 Å². The Labute approximate surface area is 414 Å². The number of aliphatic hydroxyl groups excluding tert-OH is 1. The van der Waals surface area contributed by atoms with E-state index in [1.807, 2.05) is 0 Å². The molecule has 1 saturated carbocycles. The number of hydrogen-bond acceptors (Lipinski definition) is 4. The third-order valence-electron chi connectivity index (χ3n) is 15.2. The smallest absolute Gasteiger partial charge is 0.222 e. The first-order valence-electron chi connectivity index (χ1n) is 30.5. The third-order valence-corrected chi connectivity index (χ3v) is 15.2. The molecular formula is C60H119N3O3. The lowest BCUT2D eigenvalue weighted by Gasteiger charge is -2.42. The summed E-state index contributed by atoms with van der Waals surface area (Å²) in [6.45, 7) is 15.2. The lowest BCUT2D eigenvalue weighted by Crippen LogP contribution is -2.51. The van der Waals surface area contributed by atoms with Gasteiger partial charge in [-0.15, -0.1) is 0 Å². The van der Waals surface area contributed by atoms with Gasteiger partial charge >= 0.3 is 0 Å². The number of unbranched alkanes of at least 4 members (excludes halogenated alkanes) is 36. The molecule has 6 nitrogen and oxygen atoms in total. The molecule has 1 aliphatic carbocycles. The lowest BCUT2D eigenvalue weighted by molar-refractivity contribution is -0.132. The van der Waals surface area contributed by atoms with Crippen molar-refractivity contribution in [3.05, 3.63) is 0 Å². The Morgan fingerprint density at radius 2 is 0.545 bits per heavy atom. The van der Waals surface area contributed by atoms with Crippen LogP contribution in [0.2, 0.25) is 0 Å². The van der Waals surface area contributed by atoms with Gasteiger partial charge in [0.25, 0.3) is 0 Å². The van der Waals surface area contributed by atoms with Crippen molar-refractivity contribution in [2.45, 2.75) is 335 Å². The Morgan fingerprint density at radius 3 is 0.773 bits per heavy atom. The second kappa shape index (κ2) is 48.9. The Balaban J connectivity index is 2.37. The number of carbonyl (C=O) groups excluding carboxylic acids is 2. The molecule has 1 N–H and O–H groups in total. The van der Waals surface area contributed by atoms with Crippen molar-refractivity contribution in [3.8, 4) is 0 Å². The van der Waals surface area contributed by atoms with Gasteiger partial charge in [0.1, 0.15) is 0 Å². The fraction of sp³-hybridized carbons (Fsp3) is 0.967. The van der Waals surface area contributed by atoms with Crippen LogP contribution in [0, 0.1) is 0 Å². The van der Waals surface area contributed by atoms with Crippen LogP contribution in [0.5, 0.6) is 0 Å². The van der Waals surface area contributed by atoms with Crippen molar-refractivity contribution in [1.29, 1.82) is 0 Å². The van der Waals surface area contributed by atoms with Crippen LogP contribution in [0.3, 0.4) is 0 Å². The topological polar surface area (TPSA) is 64.1 Å². The summed E-state index contributed by atoms with van der Waals surface area (Å²) < 4.78 is 0. The second-order valence-corrected chi connectivity index (χ2v) is 21.4. The van der Waals surface area contributed by atoms with Gasteiger partial charge < -0.3 is 14.9 Å². The van der Waals surface area contributed by atoms with Crippen LogP contribution in [0.15, 0.2) is 0 Å². The zero-order valence-electron chi connectivity index (χ0n) is 45.5. The van der Waals surface area contributed by atoms with Crippen LogP contribution in [0.25, 0.3) is 0 Å². The number of nitrogens with zero attached hydrogens (tertiary/aromatic N) is 3. The molecule has 0 aromatic heterocycles. The molecule has 0 heterocycles. The predicted octanol–water partition coefficient (Wildman–Crippen LogP) is 17.7. The lowest BCUT2D eigenvalue weighted by atomic mass is 9.87. The van der Waals surface area contributed by atoms with Crippen molar-refractivity contribution in [2.24, 2.45) is 0 Å². The van der Waals surface area contributed by atoms with Crippen molar-refractivity contribution in [2.75, 3.05) is 39.3 Å². The molecule has 0 aliphatic heterocycles. The molecule has 2 atom stereocenters. The maximum Gasteiger partial charge on any atom is 0.222 e. The molecule has 1 rings (SSSR count). The van der Waals surface area contributed by atoms with Gasteiger partial charge in [0, 0.05) is 45.1 Å². The first-order valence-corrected chi connectivity index (χ1v) is 30.5. The molecule has 2 unspecified atom stereocenters. The number of carbonyl (C=O) groups is 2. The van der Waals surface area contributed by atoms with E-state index in [0.29, 0.717) is 17.9 Å². The minimum absolute atomic E-state index is 0.152. The maximum atomic E-state index is 13.4. The van der Waals surface area contributed by atoms with Gasteiger partial charge in [0.05, 0.1) is 6.10 Å². The molecule has 1 aliphatic rings. The minimum atomic E-state index is -0.152. The fourth-order valence-corrected chi connectivity index (χ4v) is 10.4. The first-order chi connectivity index (χ1) is 32.5. The molecule has 0 aromatic carbocycles. The highest BCUT2D eigenvalue weighted by Crippen LogP contribution is 2.27. The average molecular weight is 931 g/mol. The van der Waals surface area contributed by atoms with Crippen molar-refractivity contribution >= 4 is 11.8 Å². The van der Waals surface area contributed by atoms with Crippen LogP contribution >= 0.6 is 0 Å². The van der Waals surface area contributed by atoms with E-state index in [1.165, 1.54) is 244 Å². The van der Waals surface area contributed by atoms with Crippen LogP contribution in [-0.4, -0.2) is 83.0 Å². The Kier molecular flexibility index (Phi) is 46.6. The molecule has 0 saturated heterocycles. The molecule has 0 bridgehead atoms. The second-order valence-electron chi connectivity index (χ2n) is 21.4. The quantitative estimate of drug-likeness (QED) is 0.0617. The summed E-state index contributed by atoms with van der Waals surface area (Å²) in [6.07, 6.45) is 57.1. The highest BCUT2D eigenvalue weighted by Gasteiger charge is 2.33. The summed E-state index contributed by atoms with van der Waals surface area (Å²) >= 11 is 0. The maximum absolute atomic E-state index is 13.4. The SMILES string of the molecule is CCCCCCCCCCN(CCCCCCCCCC)C(=O)CCCCCCCN(CCCCCCCC(=O)N(CCCCCCCCCC)CCCCCCCCCC)C1CCC1O. The Bertz CT molecular complexity index is 913. The first kappa shape index (κ1) is 62.9. The summed E-state index contributed by atoms with van der Waals surface area (Å²) in [6, 6.07) is 0.349. The van der Waals surface area contributed by atoms with Gasteiger partial charge in [-0.05, 0) is 77.3 Å². The zero-order chi connectivity index (χ0) is 47.8. The highest BCUT2D eigenvalue weighted by atomic mass is 16.3. The van der Waals surface area contributed by atoms with E-state index < -0.39 is 0 Å². The average Bonchev–Trinajstić information content (AvgIpc) is 3.31. The van der Waals surface area contributed by atoms with E-state index in [-0.39, 0.29) is 6.10 Å². The van der Waals surface area contributed by atoms with Gasteiger partial charge in [-0.25, -0.2) is 0 Å². The van der Waals surface area contributed by atoms with Crippen molar-refractivity contribution in [1.82, 2.24) is 14.7 Å². The molecule has 66 heavy (non-hydrogen) atoms. The summed E-state index contributed by atoms with van der Waals surface area (Å²) in [5.41, 5.74) is 0. The molecule has 0 aromatic rings. The summed E-state index contributed by atoms with van der Waals surface area (Å²) in [7, 11) is 0. The van der Waals surface area contributed by atoms with E-state index in [0.717, 1.165) is 90.6 Å². The van der Waals surface area contributed by atoms with Crippen molar-refractivity contribution < 1.29 is 14.7 Å². The van der Waals surface area contributed by atoms with E-state index in [1.54, 1.807) is 0 Å². The molecule has 0 radical (unpaired) electrons. The van der Waals surface area contributed by atoms with Gasteiger partial charge in [-0.2, -0.15) is 0 Å². The molecule has 2 amide bonds. The summed E-state index contributed by atoms with van der Waals surface area (Å²) in [4.78, 5) is 33.9. The molecule has 0 spiro atoms. The van der Waals surface area contributed by atoms with Gasteiger partial charge in [-0.1, -0.05) is 246 Å². The van der Waals surface area contributed by atoms with Crippen LogP contribution in [0.4, 0.5) is 0 Å².